The Hall–Kier alpha value is -2.12. The molecule has 0 saturated heterocycles. The molecule has 5 N–H and O–H groups in total. The standard InChI is InChI=1S/C14H16FN3O2S/c1-9-13(6-12(16)7-14(9)21(17,19)20)18-8-10-2-4-11(15)5-3-10/h2-7,18H,8,16H2,1H3,(H2,17,19,20). The summed E-state index contributed by atoms with van der Waals surface area (Å²) in [7, 11) is -3.84. The lowest BCUT2D eigenvalue weighted by Gasteiger charge is -2.14. The van der Waals surface area contributed by atoms with Crippen molar-refractivity contribution in [2.75, 3.05) is 11.1 Å². The van der Waals surface area contributed by atoms with Gasteiger partial charge in [-0.2, -0.15) is 0 Å². The van der Waals surface area contributed by atoms with Crippen molar-refractivity contribution >= 4 is 21.4 Å². The van der Waals surface area contributed by atoms with E-state index >= 15 is 0 Å². The first-order chi connectivity index (χ1) is 9.77. The van der Waals surface area contributed by atoms with Crippen LogP contribution in [0, 0.1) is 12.7 Å². The number of halogens is 1. The van der Waals surface area contributed by atoms with E-state index < -0.39 is 10.0 Å². The molecule has 0 radical (unpaired) electrons. The molecule has 0 aliphatic carbocycles. The number of hydrogen-bond acceptors (Lipinski definition) is 4. The molecule has 5 nitrogen and oxygen atoms in total. The largest absolute Gasteiger partial charge is 0.399 e. The average molecular weight is 309 g/mol. The lowest BCUT2D eigenvalue weighted by Crippen LogP contribution is -2.15. The zero-order chi connectivity index (χ0) is 15.6. The van der Waals surface area contributed by atoms with Crippen molar-refractivity contribution in [1.82, 2.24) is 0 Å². The quantitative estimate of drug-likeness (QED) is 0.752. The van der Waals surface area contributed by atoms with Crippen molar-refractivity contribution in [2.45, 2.75) is 18.4 Å². The zero-order valence-corrected chi connectivity index (χ0v) is 12.2. The van der Waals surface area contributed by atoms with Crippen LogP contribution in [0.2, 0.25) is 0 Å². The summed E-state index contributed by atoms with van der Waals surface area (Å²) < 4.78 is 35.9. The van der Waals surface area contributed by atoms with Crippen LogP contribution in [-0.2, 0) is 16.6 Å². The van der Waals surface area contributed by atoms with Gasteiger partial charge in [0.25, 0.3) is 0 Å². The summed E-state index contributed by atoms with van der Waals surface area (Å²) in [4.78, 5) is -0.0101. The van der Waals surface area contributed by atoms with E-state index in [9.17, 15) is 12.8 Å². The van der Waals surface area contributed by atoms with Crippen molar-refractivity contribution in [3.8, 4) is 0 Å². The van der Waals surface area contributed by atoms with Gasteiger partial charge in [-0.15, -0.1) is 0 Å². The maximum Gasteiger partial charge on any atom is 0.238 e. The fraction of sp³-hybridized carbons (Fsp3) is 0.143. The van der Waals surface area contributed by atoms with Crippen LogP contribution in [0.15, 0.2) is 41.3 Å². The van der Waals surface area contributed by atoms with Gasteiger partial charge < -0.3 is 11.1 Å². The molecule has 0 bridgehead atoms. The molecule has 0 atom stereocenters. The minimum Gasteiger partial charge on any atom is -0.399 e. The predicted octanol–water partition coefficient (Wildman–Crippen LogP) is 1.98. The number of primary sulfonamides is 1. The van der Waals surface area contributed by atoms with Crippen molar-refractivity contribution in [3.05, 3.63) is 53.3 Å². The molecular formula is C14H16FN3O2S. The van der Waals surface area contributed by atoms with Crippen molar-refractivity contribution in [1.29, 1.82) is 0 Å². The molecule has 21 heavy (non-hydrogen) atoms. The molecule has 2 aromatic rings. The topological polar surface area (TPSA) is 98.2 Å². The molecule has 0 aliphatic rings. The maximum atomic E-state index is 12.8. The Morgan fingerprint density at radius 3 is 2.38 bits per heavy atom. The van der Waals surface area contributed by atoms with Crippen molar-refractivity contribution in [2.24, 2.45) is 5.14 Å². The Bertz CT molecular complexity index is 759. The Kier molecular flexibility index (Phi) is 4.15. The number of benzene rings is 2. The van der Waals surface area contributed by atoms with Gasteiger partial charge in [-0.1, -0.05) is 12.1 Å². The highest BCUT2D eigenvalue weighted by molar-refractivity contribution is 7.89. The Morgan fingerprint density at radius 2 is 1.81 bits per heavy atom. The second-order valence-electron chi connectivity index (χ2n) is 4.72. The lowest BCUT2D eigenvalue weighted by molar-refractivity contribution is 0.597. The number of hydrogen-bond donors (Lipinski definition) is 3. The predicted molar refractivity (Wildman–Crippen MR) is 80.7 cm³/mol. The number of rotatable bonds is 4. The molecule has 2 rings (SSSR count). The summed E-state index contributed by atoms with van der Waals surface area (Å²) in [5.74, 6) is -0.310. The molecular weight excluding hydrogens is 293 g/mol. The second kappa shape index (κ2) is 5.71. The molecule has 0 aliphatic heterocycles. The Labute approximate surface area is 122 Å². The molecule has 2 aromatic carbocycles. The van der Waals surface area contributed by atoms with Crippen LogP contribution in [0.25, 0.3) is 0 Å². The first-order valence-corrected chi connectivity index (χ1v) is 7.73. The molecule has 7 heteroatoms. The number of sulfonamides is 1. The number of nitrogens with one attached hydrogen (secondary N) is 1. The normalized spacial score (nSPS) is 11.4. The summed E-state index contributed by atoms with van der Waals surface area (Å²) in [5.41, 5.74) is 7.93. The third kappa shape index (κ3) is 3.71. The first-order valence-electron chi connectivity index (χ1n) is 6.18. The van der Waals surface area contributed by atoms with Crippen LogP contribution in [0.5, 0.6) is 0 Å². The summed E-state index contributed by atoms with van der Waals surface area (Å²) in [6.07, 6.45) is 0. The maximum absolute atomic E-state index is 12.8. The van der Waals surface area contributed by atoms with Crippen molar-refractivity contribution < 1.29 is 12.8 Å². The molecule has 0 aromatic heterocycles. The van der Waals surface area contributed by atoms with Gasteiger partial charge in [-0.3, -0.25) is 0 Å². The number of anilines is 2. The van der Waals surface area contributed by atoms with Crippen LogP contribution in [0.1, 0.15) is 11.1 Å². The van der Waals surface area contributed by atoms with Gasteiger partial charge in [-0.05, 0) is 42.3 Å². The summed E-state index contributed by atoms with van der Waals surface area (Å²) >= 11 is 0. The average Bonchev–Trinajstić information content (AvgIpc) is 2.40. The van der Waals surface area contributed by atoms with Crippen LogP contribution in [-0.4, -0.2) is 8.42 Å². The fourth-order valence-corrected chi connectivity index (χ4v) is 2.82. The highest BCUT2D eigenvalue weighted by Gasteiger charge is 2.15. The highest BCUT2D eigenvalue weighted by Crippen LogP contribution is 2.26. The summed E-state index contributed by atoms with van der Waals surface area (Å²) in [5, 5.41) is 8.25. The van der Waals surface area contributed by atoms with Crippen molar-refractivity contribution in [3.63, 3.8) is 0 Å². The molecule has 0 amide bonds. The van der Waals surface area contributed by atoms with Crippen LogP contribution >= 0.6 is 0 Å². The number of nitrogens with two attached hydrogens (primary N) is 2. The Morgan fingerprint density at radius 1 is 1.19 bits per heavy atom. The SMILES string of the molecule is Cc1c(NCc2ccc(F)cc2)cc(N)cc1S(N)(=O)=O. The number of nitrogen functional groups attached to an aromatic ring is 1. The van der Waals surface area contributed by atoms with E-state index in [1.165, 1.54) is 18.2 Å². The van der Waals surface area contributed by atoms with Gasteiger partial charge in [0.05, 0.1) is 4.90 Å². The molecule has 0 spiro atoms. The van der Waals surface area contributed by atoms with Gasteiger partial charge in [0.1, 0.15) is 5.82 Å². The third-order valence-corrected chi connectivity index (χ3v) is 4.12. The molecule has 112 valence electrons. The van der Waals surface area contributed by atoms with Crippen LogP contribution in [0.3, 0.4) is 0 Å². The minimum absolute atomic E-state index is 0.0101. The summed E-state index contributed by atoms with van der Waals surface area (Å²) in [6.45, 7) is 2.06. The van der Waals surface area contributed by atoms with Gasteiger partial charge in [-0.25, -0.2) is 17.9 Å². The highest BCUT2D eigenvalue weighted by atomic mass is 32.2. The van der Waals surface area contributed by atoms with E-state index in [0.717, 1.165) is 5.56 Å². The molecule has 0 heterocycles. The van der Waals surface area contributed by atoms with E-state index in [1.54, 1.807) is 25.1 Å². The van der Waals surface area contributed by atoms with E-state index in [2.05, 4.69) is 5.32 Å². The van der Waals surface area contributed by atoms with E-state index in [4.69, 9.17) is 10.9 Å². The first kappa shape index (κ1) is 15.3. The molecule has 0 unspecified atom stereocenters. The van der Waals surface area contributed by atoms with Gasteiger partial charge in [0, 0.05) is 17.9 Å². The zero-order valence-electron chi connectivity index (χ0n) is 11.4. The summed E-state index contributed by atoms with van der Waals surface area (Å²) in [6, 6.07) is 8.97. The van der Waals surface area contributed by atoms with Crippen LogP contribution in [0.4, 0.5) is 15.8 Å². The van der Waals surface area contributed by atoms with Crippen LogP contribution < -0.4 is 16.2 Å². The minimum atomic E-state index is -3.84. The van der Waals surface area contributed by atoms with E-state index in [1.807, 2.05) is 0 Å². The van der Waals surface area contributed by atoms with Gasteiger partial charge in [0.2, 0.25) is 10.0 Å². The molecule has 0 fully saturated rings. The monoisotopic (exact) mass is 309 g/mol. The van der Waals surface area contributed by atoms with Gasteiger partial charge in [0.15, 0.2) is 0 Å². The third-order valence-electron chi connectivity index (χ3n) is 3.09. The molecule has 0 saturated carbocycles. The van der Waals surface area contributed by atoms with E-state index in [0.29, 0.717) is 23.5 Å². The van der Waals surface area contributed by atoms with Gasteiger partial charge >= 0.3 is 0 Å². The van der Waals surface area contributed by atoms with E-state index in [-0.39, 0.29) is 10.7 Å². The fourth-order valence-electron chi connectivity index (χ4n) is 1.99. The Balaban J connectivity index is 2.28. The second-order valence-corrected chi connectivity index (χ2v) is 6.25. The smallest absolute Gasteiger partial charge is 0.238 e. The lowest BCUT2D eigenvalue weighted by atomic mass is 10.1.